The first kappa shape index (κ1) is 31.3. The summed E-state index contributed by atoms with van der Waals surface area (Å²) in [6.07, 6.45) is -1.82. The zero-order valence-electron chi connectivity index (χ0n) is 7.68. The van der Waals surface area contributed by atoms with Crippen LogP contribution in [0.2, 0.25) is 0 Å². The van der Waals surface area contributed by atoms with E-state index < -0.39 is 35.7 Å². The minimum Gasteiger partial charge on any atom is -0.550 e. The summed E-state index contributed by atoms with van der Waals surface area (Å²) in [5.41, 5.74) is -3.72. The molecule has 0 unspecified atom stereocenters. The zero-order valence-corrected chi connectivity index (χ0v) is 13.6. The van der Waals surface area contributed by atoms with Gasteiger partial charge in [-0.05, 0) is 0 Å². The maximum atomic E-state index is 10.2. The Bertz CT molecular complexity index is 281. The van der Waals surface area contributed by atoms with E-state index in [0.29, 0.717) is 0 Å². The summed E-state index contributed by atoms with van der Waals surface area (Å²) in [4.78, 5) is 40.5. The summed E-state index contributed by atoms with van der Waals surface area (Å²) in [5.74, 6) is -10.1. The van der Waals surface area contributed by atoms with Gasteiger partial charge in [-0.3, -0.25) is 0 Å². The predicted molar refractivity (Wildman–Crippen MR) is 27.1 cm³/mol. The summed E-state index contributed by atoms with van der Waals surface area (Å²) in [7, 11) is 0. The van der Waals surface area contributed by atoms with E-state index in [1.807, 2.05) is 0 Å². The fraction of sp³-hybridized carbons (Fsp3) is 0.333. The number of aliphatic carboxylic acids is 4. The van der Waals surface area contributed by atoms with Crippen LogP contribution in [0.5, 0.6) is 0 Å². The van der Waals surface area contributed by atoms with Gasteiger partial charge in [-0.1, -0.05) is 0 Å². The number of hydrogen-bond acceptors (Lipinski definition) is 8. The monoisotopic (exact) mass is 630 g/mol. The molecule has 0 saturated heterocycles. The molecule has 0 atom stereocenters. The molecule has 0 N–H and O–H groups in total. The maximum absolute atomic E-state index is 10.2. The molecule has 118 valence electrons. The maximum Gasteiger partial charge on any atom is 1.00 e. The van der Waals surface area contributed by atoms with Crippen LogP contribution >= 0.6 is 0 Å². The van der Waals surface area contributed by atoms with E-state index >= 15 is 0 Å². The molecule has 8 nitrogen and oxygen atoms in total. The molecule has 0 spiro atoms. The fourth-order valence-electron chi connectivity index (χ4n) is 0.683. The van der Waals surface area contributed by atoms with Gasteiger partial charge in [-0.2, -0.15) is 0 Å². The van der Waals surface area contributed by atoms with Crippen molar-refractivity contribution in [3.05, 3.63) is 0 Å². The Labute approximate surface area is 163 Å². The molecule has 0 saturated carbocycles. The van der Waals surface area contributed by atoms with Gasteiger partial charge in [0, 0.05) is 12.4 Å². The van der Waals surface area contributed by atoms with Crippen LogP contribution in [0, 0.1) is 5.41 Å². The normalized spacial score (nSPS) is 8.22. The van der Waals surface area contributed by atoms with Crippen molar-refractivity contribution in [3.63, 3.8) is 0 Å². The Hall–Kier alpha value is 0.841. The molecule has 0 aromatic rings. The standard InChI is InChI=1S/C6H6O8.4Ag/c7-2(8)1-6(3(9)10,4(11)12)5(13)14;;;;/h1H2,(H,7,8)(H,9,10)(H,11,12)(H,13,14);;;;/q;4*+1/p-4. The van der Waals surface area contributed by atoms with Gasteiger partial charge in [0.1, 0.15) is 0 Å². The molecule has 0 bridgehead atoms. The summed E-state index contributed by atoms with van der Waals surface area (Å²) < 4.78 is 0. The Kier molecular flexibility index (Phi) is 22.4. The molecule has 0 aliphatic rings. The molecule has 0 rings (SSSR count). The van der Waals surface area contributed by atoms with E-state index in [4.69, 9.17) is 0 Å². The van der Waals surface area contributed by atoms with Crippen LogP contribution in [0.15, 0.2) is 0 Å². The van der Waals surface area contributed by atoms with Crippen LogP contribution in [0.4, 0.5) is 0 Å². The zero-order chi connectivity index (χ0) is 11.5. The molecule has 12 heteroatoms. The van der Waals surface area contributed by atoms with Crippen molar-refractivity contribution in [2.45, 2.75) is 6.42 Å². The molecular formula is C6H2Ag4O8. The van der Waals surface area contributed by atoms with E-state index in [1.165, 1.54) is 0 Å². The number of carboxylic acids is 4. The Balaban J connectivity index is -0.000000141. The van der Waals surface area contributed by atoms with Crippen molar-refractivity contribution in [2.75, 3.05) is 0 Å². The van der Waals surface area contributed by atoms with Gasteiger partial charge >= 0.3 is 89.5 Å². The first-order valence-electron chi connectivity index (χ1n) is 3.09. The molecule has 0 amide bonds. The molecule has 0 aromatic carbocycles. The smallest absolute Gasteiger partial charge is 0.550 e. The van der Waals surface area contributed by atoms with Crippen molar-refractivity contribution in [3.8, 4) is 0 Å². The molecule has 0 heterocycles. The SMILES string of the molecule is O=C([O-])CC(C(=O)[O-])(C(=O)[O-])C(=O)[O-].[Ag+].[Ag+].[Ag+].[Ag+]. The van der Waals surface area contributed by atoms with E-state index in [2.05, 4.69) is 0 Å². The largest absolute Gasteiger partial charge is 1.00 e. The van der Waals surface area contributed by atoms with Gasteiger partial charge < -0.3 is 39.6 Å². The Morgan fingerprint density at radius 3 is 0.944 bits per heavy atom. The van der Waals surface area contributed by atoms with Crippen molar-refractivity contribution < 1.29 is 129 Å². The third kappa shape index (κ3) is 7.44. The second-order valence-corrected chi connectivity index (χ2v) is 2.32. The fourth-order valence-corrected chi connectivity index (χ4v) is 0.683. The second kappa shape index (κ2) is 12.9. The minimum atomic E-state index is -3.72. The van der Waals surface area contributed by atoms with E-state index in [9.17, 15) is 39.6 Å². The van der Waals surface area contributed by atoms with Crippen molar-refractivity contribution in [1.82, 2.24) is 0 Å². The molecule has 0 aliphatic heterocycles. The Morgan fingerprint density at radius 1 is 0.667 bits per heavy atom. The van der Waals surface area contributed by atoms with Crippen LogP contribution in [0.3, 0.4) is 0 Å². The summed E-state index contributed by atoms with van der Waals surface area (Å²) in [6.45, 7) is 0. The van der Waals surface area contributed by atoms with Crippen molar-refractivity contribution >= 4 is 23.9 Å². The number of carboxylic acid groups (broad SMARTS) is 4. The van der Waals surface area contributed by atoms with Crippen LogP contribution in [0.25, 0.3) is 0 Å². The van der Waals surface area contributed by atoms with Gasteiger partial charge in [0.25, 0.3) is 0 Å². The first-order valence-corrected chi connectivity index (χ1v) is 3.09. The second-order valence-electron chi connectivity index (χ2n) is 2.32. The molecule has 0 radical (unpaired) electrons. The minimum absolute atomic E-state index is 0. The van der Waals surface area contributed by atoms with Gasteiger partial charge in [0.15, 0.2) is 0 Å². The molecular weight excluding hydrogens is 632 g/mol. The third-order valence-corrected chi connectivity index (χ3v) is 1.45. The predicted octanol–water partition coefficient (Wildman–Crippen LogP) is -6.65. The average molecular weight is 634 g/mol. The third-order valence-electron chi connectivity index (χ3n) is 1.45. The van der Waals surface area contributed by atoms with Crippen molar-refractivity contribution in [1.29, 1.82) is 0 Å². The molecule has 0 aromatic heterocycles. The first-order chi connectivity index (χ1) is 6.25. The van der Waals surface area contributed by atoms with Gasteiger partial charge in [-0.15, -0.1) is 0 Å². The van der Waals surface area contributed by atoms with Crippen LogP contribution in [-0.2, 0) is 109 Å². The Morgan fingerprint density at radius 2 is 0.889 bits per heavy atom. The van der Waals surface area contributed by atoms with Crippen LogP contribution in [0.1, 0.15) is 6.42 Å². The number of rotatable bonds is 5. The van der Waals surface area contributed by atoms with Gasteiger partial charge in [0.05, 0.1) is 23.3 Å². The molecule has 18 heavy (non-hydrogen) atoms. The van der Waals surface area contributed by atoms with Gasteiger partial charge in [0.2, 0.25) is 0 Å². The quantitative estimate of drug-likeness (QED) is 0.213. The number of carbonyl (C=O) groups excluding carboxylic acids is 4. The van der Waals surface area contributed by atoms with Crippen LogP contribution in [-0.4, -0.2) is 23.9 Å². The summed E-state index contributed by atoms with van der Waals surface area (Å²) >= 11 is 0. The number of carbonyl (C=O) groups is 4. The van der Waals surface area contributed by atoms with E-state index in [0.717, 1.165) is 0 Å². The van der Waals surface area contributed by atoms with Gasteiger partial charge in [-0.25, -0.2) is 0 Å². The average Bonchev–Trinajstić information content (AvgIpc) is 1.97. The summed E-state index contributed by atoms with van der Waals surface area (Å²) in [5, 5.41) is 40.5. The van der Waals surface area contributed by atoms with Crippen LogP contribution < -0.4 is 20.4 Å². The van der Waals surface area contributed by atoms with E-state index in [-0.39, 0.29) is 89.5 Å². The topological polar surface area (TPSA) is 161 Å². The van der Waals surface area contributed by atoms with Crippen molar-refractivity contribution in [2.24, 2.45) is 5.41 Å². The molecule has 0 aliphatic carbocycles. The number of hydrogen-bond donors (Lipinski definition) is 0. The van der Waals surface area contributed by atoms with E-state index in [1.54, 1.807) is 0 Å². The molecule has 0 fully saturated rings. The summed E-state index contributed by atoms with van der Waals surface area (Å²) in [6, 6.07) is 0.